The van der Waals surface area contributed by atoms with Gasteiger partial charge in [-0.2, -0.15) is 0 Å². The molecule has 0 aliphatic carbocycles. The van der Waals surface area contributed by atoms with Crippen LogP contribution in [0, 0.1) is 0 Å². The van der Waals surface area contributed by atoms with Crippen LogP contribution < -0.4 is 5.56 Å². The smallest absolute Gasteiger partial charge is 0.279 e. The number of hydrogen-bond donors (Lipinski definition) is 0. The van der Waals surface area contributed by atoms with Gasteiger partial charge in [-0.1, -0.05) is 0 Å². The molecule has 2 heterocycles. The van der Waals surface area contributed by atoms with Crippen molar-refractivity contribution >= 4 is 11.2 Å². The molecule has 0 radical (unpaired) electrons. The van der Waals surface area contributed by atoms with E-state index in [1.165, 1.54) is 10.9 Å². The minimum Gasteiger partial charge on any atom is -0.319 e. The van der Waals surface area contributed by atoms with E-state index in [1.54, 1.807) is 13.4 Å². The normalized spacial score (nSPS) is 12.3. The van der Waals surface area contributed by atoms with E-state index < -0.39 is 0 Å². The molecule has 0 saturated carbocycles. The maximum Gasteiger partial charge on any atom is 0.279 e. The summed E-state index contributed by atoms with van der Waals surface area (Å²) in [5.74, 6) is 0. The first-order valence-electron chi connectivity index (χ1n) is 4.80. The van der Waals surface area contributed by atoms with Gasteiger partial charge in [0.1, 0.15) is 0 Å². The van der Waals surface area contributed by atoms with Crippen LogP contribution in [0.2, 0.25) is 0 Å². The zero-order chi connectivity index (χ0) is 11.2. The van der Waals surface area contributed by atoms with Crippen molar-refractivity contribution in [3.05, 3.63) is 23.0 Å². The second-order valence-electron chi connectivity index (χ2n) is 4.62. The van der Waals surface area contributed by atoms with Crippen molar-refractivity contribution in [3.63, 3.8) is 0 Å². The molecule has 0 N–H and O–H groups in total. The Morgan fingerprint density at radius 2 is 1.80 bits per heavy atom. The van der Waals surface area contributed by atoms with Gasteiger partial charge >= 0.3 is 0 Å². The van der Waals surface area contributed by atoms with Crippen LogP contribution in [-0.4, -0.2) is 19.1 Å². The van der Waals surface area contributed by atoms with Gasteiger partial charge in [-0.05, 0) is 20.8 Å². The average molecular weight is 206 g/mol. The average Bonchev–Trinajstić information content (AvgIpc) is 2.54. The predicted molar refractivity (Wildman–Crippen MR) is 57.8 cm³/mol. The lowest BCUT2D eigenvalue weighted by molar-refractivity contribution is 0.407. The van der Waals surface area contributed by atoms with Gasteiger partial charge in [0.25, 0.3) is 5.56 Å². The molecule has 0 spiro atoms. The van der Waals surface area contributed by atoms with Crippen LogP contribution in [0.1, 0.15) is 20.8 Å². The Morgan fingerprint density at radius 3 is 2.40 bits per heavy atom. The van der Waals surface area contributed by atoms with Crippen molar-refractivity contribution < 1.29 is 0 Å². The fourth-order valence-corrected chi connectivity index (χ4v) is 1.50. The topological polar surface area (TPSA) is 52.7 Å². The summed E-state index contributed by atoms with van der Waals surface area (Å²) >= 11 is 0. The minimum absolute atomic E-state index is 0.0626. The van der Waals surface area contributed by atoms with E-state index in [2.05, 4.69) is 9.97 Å². The number of rotatable bonds is 0. The van der Waals surface area contributed by atoms with Gasteiger partial charge in [-0.3, -0.25) is 4.79 Å². The lowest BCUT2D eigenvalue weighted by Crippen LogP contribution is -2.26. The summed E-state index contributed by atoms with van der Waals surface area (Å²) in [6, 6.07) is 0. The number of nitrogens with zero attached hydrogens (tertiary/aromatic N) is 4. The molecule has 0 atom stereocenters. The highest BCUT2D eigenvalue weighted by molar-refractivity contribution is 5.69. The number of aromatic nitrogens is 4. The number of fused-ring (bicyclic) bond motifs is 1. The molecule has 0 aromatic carbocycles. The highest BCUT2D eigenvalue weighted by atomic mass is 16.1. The van der Waals surface area contributed by atoms with Crippen LogP contribution in [0.4, 0.5) is 0 Å². The monoisotopic (exact) mass is 206 g/mol. The van der Waals surface area contributed by atoms with Crippen LogP contribution in [-0.2, 0) is 12.6 Å². The first-order valence-corrected chi connectivity index (χ1v) is 4.80. The lowest BCUT2D eigenvalue weighted by atomic mass is 10.1. The largest absolute Gasteiger partial charge is 0.319 e. The van der Waals surface area contributed by atoms with E-state index in [9.17, 15) is 4.79 Å². The van der Waals surface area contributed by atoms with E-state index in [-0.39, 0.29) is 11.1 Å². The summed E-state index contributed by atoms with van der Waals surface area (Å²) in [4.78, 5) is 20.2. The third-order valence-corrected chi connectivity index (χ3v) is 2.35. The lowest BCUT2D eigenvalue weighted by Gasteiger charge is -2.20. The third-order valence-electron chi connectivity index (χ3n) is 2.35. The minimum atomic E-state index is -0.163. The molecule has 2 aromatic heterocycles. The maximum atomic E-state index is 11.9. The quantitative estimate of drug-likeness (QED) is 0.643. The maximum absolute atomic E-state index is 11.9. The van der Waals surface area contributed by atoms with Crippen molar-refractivity contribution in [3.8, 4) is 0 Å². The van der Waals surface area contributed by atoms with Crippen LogP contribution in [0.5, 0.6) is 0 Å². The van der Waals surface area contributed by atoms with Crippen molar-refractivity contribution in [2.75, 3.05) is 0 Å². The molecule has 0 aliphatic rings. The SMILES string of the molecule is Cn1cnc2ncn(C(C)(C)C)c2c1=O. The van der Waals surface area contributed by atoms with Crippen LogP contribution in [0.15, 0.2) is 17.4 Å². The van der Waals surface area contributed by atoms with E-state index in [1.807, 2.05) is 25.3 Å². The zero-order valence-corrected chi connectivity index (χ0v) is 9.35. The molecule has 0 saturated heterocycles. The zero-order valence-electron chi connectivity index (χ0n) is 9.35. The Hall–Kier alpha value is -1.65. The van der Waals surface area contributed by atoms with Gasteiger partial charge in [-0.15, -0.1) is 0 Å². The van der Waals surface area contributed by atoms with Gasteiger partial charge in [0.05, 0.1) is 12.7 Å². The van der Waals surface area contributed by atoms with Crippen molar-refractivity contribution in [1.82, 2.24) is 19.1 Å². The Labute approximate surface area is 87.4 Å². The molecule has 2 aromatic rings. The van der Waals surface area contributed by atoms with Crippen molar-refractivity contribution in [2.24, 2.45) is 7.05 Å². The third kappa shape index (κ3) is 1.44. The molecule has 5 nitrogen and oxygen atoms in total. The van der Waals surface area contributed by atoms with Gasteiger partial charge in [0, 0.05) is 12.6 Å². The molecule has 0 fully saturated rings. The number of imidazole rings is 1. The number of hydrogen-bond acceptors (Lipinski definition) is 3. The second-order valence-corrected chi connectivity index (χ2v) is 4.62. The summed E-state index contributed by atoms with van der Waals surface area (Å²) in [6.45, 7) is 6.08. The Kier molecular flexibility index (Phi) is 1.92. The Balaban J connectivity index is 2.90. The van der Waals surface area contributed by atoms with Gasteiger partial charge in [0.2, 0.25) is 0 Å². The molecule has 0 bridgehead atoms. The summed E-state index contributed by atoms with van der Waals surface area (Å²) < 4.78 is 3.32. The van der Waals surface area contributed by atoms with E-state index in [4.69, 9.17) is 0 Å². The van der Waals surface area contributed by atoms with E-state index >= 15 is 0 Å². The van der Waals surface area contributed by atoms with Crippen LogP contribution in [0.3, 0.4) is 0 Å². The summed E-state index contributed by atoms with van der Waals surface area (Å²) in [5.41, 5.74) is 0.845. The van der Waals surface area contributed by atoms with Crippen LogP contribution in [0.25, 0.3) is 11.2 Å². The Morgan fingerprint density at radius 1 is 1.20 bits per heavy atom. The Bertz CT molecular complexity index is 559. The highest BCUT2D eigenvalue weighted by Crippen LogP contribution is 2.17. The standard InChI is InChI=1S/C10H14N4O/c1-10(2,3)14-6-12-8-7(14)9(15)13(4)5-11-8/h5-6H,1-4H3. The van der Waals surface area contributed by atoms with Crippen LogP contribution >= 0.6 is 0 Å². The fraction of sp³-hybridized carbons (Fsp3) is 0.500. The first kappa shape index (κ1) is 9.89. The summed E-state index contributed by atoms with van der Waals surface area (Å²) in [7, 11) is 1.69. The molecule has 2 rings (SSSR count). The summed E-state index contributed by atoms with van der Waals surface area (Å²) in [5, 5.41) is 0. The predicted octanol–water partition coefficient (Wildman–Crippen LogP) is 0.885. The second kappa shape index (κ2) is 2.92. The van der Waals surface area contributed by atoms with Gasteiger partial charge in [0.15, 0.2) is 11.2 Å². The van der Waals surface area contributed by atoms with E-state index in [0.29, 0.717) is 11.2 Å². The first-order chi connectivity index (χ1) is 6.91. The molecule has 80 valence electrons. The molecule has 0 amide bonds. The van der Waals surface area contributed by atoms with Crippen molar-refractivity contribution in [2.45, 2.75) is 26.3 Å². The highest BCUT2D eigenvalue weighted by Gasteiger charge is 2.19. The molecular formula is C10H14N4O. The summed E-state index contributed by atoms with van der Waals surface area (Å²) in [6.07, 6.45) is 3.16. The number of aryl methyl sites for hydroxylation is 1. The fourth-order valence-electron chi connectivity index (χ4n) is 1.50. The molecule has 5 heteroatoms. The van der Waals surface area contributed by atoms with Crippen molar-refractivity contribution in [1.29, 1.82) is 0 Å². The molecule has 0 unspecified atom stereocenters. The van der Waals surface area contributed by atoms with E-state index in [0.717, 1.165) is 0 Å². The molecule has 15 heavy (non-hydrogen) atoms. The molecular weight excluding hydrogens is 192 g/mol. The van der Waals surface area contributed by atoms with Gasteiger partial charge in [-0.25, -0.2) is 9.97 Å². The van der Waals surface area contributed by atoms with Gasteiger partial charge < -0.3 is 9.13 Å². The molecule has 0 aliphatic heterocycles.